The van der Waals surface area contributed by atoms with Gasteiger partial charge in [0.1, 0.15) is 0 Å². The predicted molar refractivity (Wildman–Crippen MR) is 81.5 cm³/mol. The predicted octanol–water partition coefficient (Wildman–Crippen LogP) is 3.07. The minimum atomic E-state index is 0.203. The lowest BCUT2D eigenvalue weighted by Gasteiger charge is -2.23. The van der Waals surface area contributed by atoms with Crippen molar-refractivity contribution in [2.75, 3.05) is 18.0 Å². The Bertz CT molecular complexity index is 485. The Morgan fingerprint density at radius 2 is 1.95 bits per heavy atom. The van der Waals surface area contributed by atoms with E-state index < -0.39 is 0 Å². The van der Waals surface area contributed by atoms with Gasteiger partial charge in [0.2, 0.25) is 0 Å². The Labute approximate surface area is 121 Å². The molecule has 1 aromatic rings. The lowest BCUT2D eigenvalue weighted by molar-refractivity contribution is 0.464. The molecule has 3 nitrogen and oxygen atoms in total. The highest BCUT2D eigenvalue weighted by Gasteiger charge is 2.26. The number of anilines is 1. The van der Waals surface area contributed by atoms with Crippen molar-refractivity contribution in [3.63, 3.8) is 0 Å². The van der Waals surface area contributed by atoms with E-state index in [1.807, 2.05) is 0 Å². The van der Waals surface area contributed by atoms with Crippen molar-refractivity contribution in [1.82, 2.24) is 5.32 Å². The Hall–Kier alpha value is -1.53. The molecule has 1 aliphatic carbocycles. The van der Waals surface area contributed by atoms with Crippen LogP contribution in [-0.2, 0) is 6.54 Å². The Morgan fingerprint density at radius 1 is 1.15 bits per heavy atom. The number of hydrogen-bond donors (Lipinski definition) is 1. The summed E-state index contributed by atoms with van der Waals surface area (Å²) in [7, 11) is 0. The molecular weight excluding hydrogens is 246 g/mol. The number of benzene rings is 1. The molecule has 20 heavy (non-hydrogen) atoms. The van der Waals surface area contributed by atoms with Crippen molar-refractivity contribution in [1.29, 1.82) is 5.26 Å². The van der Waals surface area contributed by atoms with Crippen LogP contribution in [0, 0.1) is 17.2 Å². The first-order chi connectivity index (χ1) is 9.88. The van der Waals surface area contributed by atoms with Crippen molar-refractivity contribution in [3.05, 3.63) is 29.8 Å². The second-order valence-electron chi connectivity index (χ2n) is 5.98. The van der Waals surface area contributed by atoms with E-state index in [-0.39, 0.29) is 5.92 Å². The largest absolute Gasteiger partial charge is 0.371 e. The molecule has 0 radical (unpaired) electrons. The molecule has 2 aliphatic rings. The van der Waals surface area contributed by atoms with E-state index in [9.17, 15) is 0 Å². The molecule has 1 saturated carbocycles. The summed E-state index contributed by atoms with van der Waals surface area (Å²) in [6, 6.07) is 11.5. The van der Waals surface area contributed by atoms with E-state index in [1.165, 1.54) is 43.6 Å². The molecular formula is C17H23N3. The summed E-state index contributed by atoms with van der Waals surface area (Å²) in [6.45, 7) is 3.25. The van der Waals surface area contributed by atoms with E-state index in [1.54, 1.807) is 0 Å². The number of para-hydroxylation sites is 1. The number of nitriles is 1. The minimum Gasteiger partial charge on any atom is -0.371 e. The third-order valence-corrected chi connectivity index (χ3v) is 4.67. The maximum atomic E-state index is 9.16. The first-order valence-electron chi connectivity index (χ1n) is 7.84. The topological polar surface area (TPSA) is 39.1 Å². The van der Waals surface area contributed by atoms with Gasteiger partial charge in [-0.05, 0) is 37.3 Å². The van der Waals surface area contributed by atoms with Gasteiger partial charge in [0.25, 0.3) is 0 Å². The second kappa shape index (κ2) is 6.28. The summed E-state index contributed by atoms with van der Waals surface area (Å²) >= 11 is 0. The van der Waals surface area contributed by atoms with Crippen molar-refractivity contribution in [2.24, 2.45) is 5.92 Å². The van der Waals surface area contributed by atoms with E-state index in [2.05, 4.69) is 40.6 Å². The number of nitrogens with zero attached hydrogens (tertiary/aromatic N) is 2. The second-order valence-corrected chi connectivity index (χ2v) is 5.98. The SMILES string of the molecule is N#CC1CCCC1NCc1ccccc1N1CCCC1. The number of rotatable bonds is 4. The molecule has 2 fully saturated rings. The van der Waals surface area contributed by atoms with Crippen LogP contribution in [0.4, 0.5) is 5.69 Å². The van der Waals surface area contributed by atoms with Crippen LogP contribution in [-0.4, -0.2) is 19.1 Å². The van der Waals surface area contributed by atoms with Gasteiger partial charge in [-0.1, -0.05) is 24.6 Å². The summed E-state index contributed by atoms with van der Waals surface area (Å²) in [5.41, 5.74) is 2.75. The lowest BCUT2D eigenvalue weighted by Crippen LogP contribution is -2.32. The molecule has 2 atom stereocenters. The molecule has 106 valence electrons. The fourth-order valence-corrected chi connectivity index (χ4v) is 3.53. The number of hydrogen-bond acceptors (Lipinski definition) is 3. The molecule has 2 unspecified atom stereocenters. The molecule has 1 N–H and O–H groups in total. The van der Waals surface area contributed by atoms with Crippen LogP contribution >= 0.6 is 0 Å². The van der Waals surface area contributed by atoms with Crippen molar-refractivity contribution < 1.29 is 0 Å². The summed E-state index contributed by atoms with van der Waals surface area (Å²) in [5.74, 6) is 0.203. The van der Waals surface area contributed by atoms with Gasteiger partial charge in [-0.2, -0.15) is 5.26 Å². The van der Waals surface area contributed by atoms with Crippen LogP contribution in [0.5, 0.6) is 0 Å². The van der Waals surface area contributed by atoms with E-state index in [4.69, 9.17) is 5.26 Å². The highest BCUT2D eigenvalue weighted by Crippen LogP contribution is 2.27. The maximum Gasteiger partial charge on any atom is 0.0672 e. The Morgan fingerprint density at radius 3 is 2.75 bits per heavy atom. The van der Waals surface area contributed by atoms with Crippen LogP contribution in [0.15, 0.2) is 24.3 Å². The third kappa shape index (κ3) is 2.81. The molecule has 1 heterocycles. The van der Waals surface area contributed by atoms with Gasteiger partial charge in [0.15, 0.2) is 0 Å². The van der Waals surface area contributed by atoms with Crippen LogP contribution in [0.1, 0.15) is 37.7 Å². The molecule has 3 heteroatoms. The first-order valence-corrected chi connectivity index (χ1v) is 7.84. The van der Waals surface area contributed by atoms with Crippen molar-refractivity contribution >= 4 is 5.69 Å². The third-order valence-electron chi connectivity index (χ3n) is 4.67. The van der Waals surface area contributed by atoms with Gasteiger partial charge in [-0.3, -0.25) is 0 Å². The van der Waals surface area contributed by atoms with Crippen molar-refractivity contribution in [3.8, 4) is 6.07 Å². The molecule has 1 aliphatic heterocycles. The lowest BCUT2D eigenvalue weighted by atomic mass is 10.0. The van der Waals surface area contributed by atoms with Crippen LogP contribution in [0.2, 0.25) is 0 Å². The van der Waals surface area contributed by atoms with Crippen LogP contribution in [0.3, 0.4) is 0 Å². The fourth-order valence-electron chi connectivity index (χ4n) is 3.53. The highest BCUT2D eigenvalue weighted by molar-refractivity contribution is 5.54. The minimum absolute atomic E-state index is 0.203. The number of nitrogens with one attached hydrogen (secondary N) is 1. The Balaban J connectivity index is 1.66. The molecule has 0 spiro atoms. The quantitative estimate of drug-likeness (QED) is 0.913. The van der Waals surface area contributed by atoms with Crippen LogP contribution < -0.4 is 10.2 Å². The summed E-state index contributed by atoms with van der Waals surface area (Å²) < 4.78 is 0. The molecule has 0 aromatic heterocycles. The normalized spacial score (nSPS) is 25.9. The average molecular weight is 269 g/mol. The monoisotopic (exact) mass is 269 g/mol. The van der Waals surface area contributed by atoms with E-state index >= 15 is 0 Å². The first kappa shape index (κ1) is 13.5. The zero-order valence-electron chi connectivity index (χ0n) is 12.0. The fraction of sp³-hybridized carbons (Fsp3) is 0.588. The summed E-state index contributed by atoms with van der Waals surface area (Å²) in [6.07, 6.45) is 6.00. The molecule has 3 rings (SSSR count). The van der Waals surface area contributed by atoms with Crippen molar-refractivity contribution in [2.45, 2.75) is 44.7 Å². The zero-order chi connectivity index (χ0) is 13.8. The highest BCUT2D eigenvalue weighted by atomic mass is 15.1. The zero-order valence-corrected chi connectivity index (χ0v) is 12.0. The average Bonchev–Trinajstić information content (AvgIpc) is 3.16. The van der Waals surface area contributed by atoms with Gasteiger partial charge in [-0.25, -0.2) is 0 Å². The molecule has 1 aromatic carbocycles. The van der Waals surface area contributed by atoms with Gasteiger partial charge in [-0.15, -0.1) is 0 Å². The molecule has 1 saturated heterocycles. The molecule has 0 amide bonds. The van der Waals surface area contributed by atoms with Gasteiger partial charge in [0.05, 0.1) is 12.0 Å². The van der Waals surface area contributed by atoms with Gasteiger partial charge < -0.3 is 10.2 Å². The van der Waals surface area contributed by atoms with E-state index in [0.29, 0.717) is 6.04 Å². The summed E-state index contributed by atoms with van der Waals surface area (Å²) in [5, 5.41) is 12.8. The van der Waals surface area contributed by atoms with Gasteiger partial charge >= 0.3 is 0 Å². The molecule has 0 bridgehead atoms. The Kier molecular flexibility index (Phi) is 4.22. The van der Waals surface area contributed by atoms with E-state index in [0.717, 1.165) is 19.4 Å². The summed E-state index contributed by atoms with van der Waals surface area (Å²) in [4.78, 5) is 2.49. The standard InChI is InChI=1S/C17H23N3/c18-12-14-7-5-8-16(14)19-13-15-6-1-2-9-17(15)20-10-3-4-11-20/h1-2,6,9,14,16,19H,3-5,7-8,10-11,13H2. The van der Waals surface area contributed by atoms with Gasteiger partial charge in [0, 0.05) is 31.4 Å². The maximum absolute atomic E-state index is 9.16. The van der Waals surface area contributed by atoms with Crippen LogP contribution in [0.25, 0.3) is 0 Å². The smallest absolute Gasteiger partial charge is 0.0672 e.